The van der Waals surface area contributed by atoms with E-state index in [2.05, 4.69) is 10.6 Å². The third-order valence-corrected chi connectivity index (χ3v) is 3.63. The number of aliphatic hydroxyl groups excluding tert-OH is 1. The molecule has 0 aromatic rings. The highest BCUT2D eigenvalue weighted by molar-refractivity contribution is 5.76. The smallest absolute Gasteiger partial charge is 0.221 e. The molecule has 1 saturated carbocycles. The largest absolute Gasteiger partial charge is 0.396 e. The van der Waals surface area contributed by atoms with Gasteiger partial charge in [-0.3, -0.25) is 4.79 Å². The number of carbonyl (C=O) groups is 1. The van der Waals surface area contributed by atoms with E-state index in [0.29, 0.717) is 24.9 Å². The second-order valence-corrected chi connectivity index (χ2v) is 5.13. The van der Waals surface area contributed by atoms with Crippen LogP contribution < -0.4 is 16.4 Å². The van der Waals surface area contributed by atoms with Gasteiger partial charge in [0, 0.05) is 38.2 Å². The number of nitrogens with two attached hydrogens (primary N) is 1. The molecule has 5 heteroatoms. The van der Waals surface area contributed by atoms with Gasteiger partial charge in [0.25, 0.3) is 0 Å². The minimum Gasteiger partial charge on any atom is -0.396 e. The molecule has 0 heterocycles. The Hall–Kier alpha value is -0.650. The van der Waals surface area contributed by atoms with Crippen molar-refractivity contribution in [3.63, 3.8) is 0 Å². The molecule has 3 unspecified atom stereocenters. The van der Waals surface area contributed by atoms with Gasteiger partial charge < -0.3 is 21.5 Å². The van der Waals surface area contributed by atoms with E-state index in [0.717, 1.165) is 32.2 Å². The van der Waals surface area contributed by atoms with Crippen LogP contribution >= 0.6 is 0 Å². The van der Waals surface area contributed by atoms with E-state index in [1.54, 1.807) is 0 Å². The van der Waals surface area contributed by atoms with Crippen LogP contribution in [-0.4, -0.2) is 42.8 Å². The molecule has 3 atom stereocenters. The van der Waals surface area contributed by atoms with Crippen molar-refractivity contribution in [2.24, 2.45) is 11.7 Å². The van der Waals surface area contributed by atoms with E-state index in [4.69, 9.17) is 5.73 Å². The van der Waals surface area contributed by atoms with Crippen LogP contribution in [0.4, 0.5) is 0 Å². The van der Waals surface area contributed by atoms with Crippen LogP contribution in [0, 0.1) is 5.92 Å². The first-order chi connectivity index (χ1) is 8.71. The predicted molar refractivity (Wildman–Crippen MR) is 72.1 cm³/mol. The summed E-state index contributed by atoms with van der Waals surface area (Å²) in [4.78, 5) is 11.6. The zero-order chi connectivity index (χ0) is 13.4. The second-order valence-electron chi connectivity index (χ2n) is 5.13. The van der Waals surface area contributed by atoms with Gasteiger partial charge in [-0.05, 0) is 25.2 Å². The SMILES string of the molecule is CCCNC(=O)CC(CN)NC1CCCC1CO. The topological polar surface area (TPSA) is 87.4 Å². The molecule has 0 aromatic heterocycles. The van der Waals surface area contributed by atoms with Gasteiger partial charge in [-0.25, -0.2) is 0 Å². The monoisotopic (exact) mass is 257 g/mol. The molecule has 18 heavy (non-hydrogen) atoms. The van der Waals surface area contributed by atoms with Crippen molar-refractivity contribution >= 4 is 5.91 Å². The van der Waals surface area contributed by atoms with Gasteiger partial charge in [-0.2, -0.15) is 0 Å². The fraction of sp³-hybridized carbons (Fsp3) is 0.923. The number of amides is 1. The molecule has 106 valence electrons. The van der Waals surface area contributed by atoms with Crippen molar-refractivity contribution in [2.75, 3.05) is 19.7 Å². The number of hydrogen-bond donors (Lipinski definition) is 4. The summed E-state index contributed by atoms with van der Waals surface area (Å²) < 4.78 is 0. The fourth-order valence-electron chi connectivity index (χ4n) is 2.55. The molecule has 0 spiro atoms. The first kappa shape index (κ1) is 15.4. The van der Waals surface area contributed by atoms with Gasteiger partial charge in [0.05, 0.1) is 0 Å². The van der Waals surface area contributed by atoms with E-state index in [1.807, 2.05) is 6.92 Å². The zero-order valence-electron chi connectivity index (χ0n) is 11.3. The highest BCUT2D eigenvalue weighted by Gasteiger charge is 2.28. The van der Waals surface area contributed by atoms with Crippen LogP contribution in [0.25, 0.3) is 0 Å². The van der Waals surface area contributed by atoms with E-state index >= 15 is 0 Å². The van der Waals surface area contributed by atoms with E-state index < -0.39 is 0 Å². The number of aliphatic hydroxyl groups is 1. The summed E-state index contributed by atoms with van der Waals surface area (Å²) in [5.74, 6) is 0.371. The van der Waals surface area contributed by atoms with Crippen molar-refractivity contribution in [3.05, 3.63) is 0 Å². The average molecular weight is 257 g/mol. The van der Waals surface area contributed by atoms with E-state index in [1.165, 1.54) is 0 Å². The molecule has 1 fully saturated rings. The Labute approximate surface area is 110 Å². The lowest BCUT2D eigenvalue weighted by Gasteiger charge is -2.25. The number of rotatable bonds is 8. The van der Waals surface area contributed by atoms with Gasteiger partial charge in [0.2, 0.25) is 5.91 Å². The van der Waals surface area contributed by atoms with Crippen molar-refractivity contribution in [2.45, 2.75) is 51.1 Å². The lowest BCUT2D eigenvalue weighted by atomic mass is 10.0. The van der Waals surface area contributed by atoms with Crippen LogP contribution in [-0.2, 0) is 4.79 Å². The molecule has 1 aliphatic rings. The van der Waals surface area contributed by atoms with Crippen LogP contribution in [0.15, 0.2) is 0 Å². The third kappa shape index (κ3) is 4.92. The van der Waals surface area contributed by atoms with Crippen molar-refractivity contribution in [1.29, 1.82) is 0 Å². The highest BCUT2D eigenvalue weighted by atomic mass is 16.3. The molecular weight excluding hydrogens is 230 g/mol. The van der Waals surface area contributed by atoms with Crippen LogP contribution in [0.1, 0.15) is 39.0 Å². The van der Waals surface area contributed by atoms with E-state index in [-0.39, 0.29) is 18.6 Å². The normalized spacial score (nSPS) is 25.1. The Kier molecular flexibility index (Phi) is 7.23. The zero-order valence-corrected chi connectivity index (χ0v) is 11.3. The Bertz CT molecular complexity index is 248. The maximum atomic E-state index is 11.6. The van der Waals surface area contributed by atoms with Crippen molar-refractivity contribution in [3.8, 4) is 0 Å². The maximum Gasteiger partial charge on any atom is 0.221 e. The third-order valence-electron chi connectivity index (χ3n) is 3.63. The number of nitrogens with one attached hydrogen (secondary N) is 2. The molecule has 0 aromatic carbocycles. The highest BCUT2D eigenvalue weighted by Crippen LogP contribution is 2.25. The molecular formula is C13H27N3O2. The Morgan fingerprint density at radius 1 is 1.50 bits per heavy atom. The molecule has 5 nitrogen and oxygen atoms in total. The quantitative estimate of drug-likeness (QED) is 0.492. The van der Waals surface area contributed by atoms with Gasteiger partial charge in [-0.15, -0.1) is 0 Å². The van der Waals surface area contributed by atoms with Crippen LogP contribution in [0.3, 0.4) is 0 Å². The Balaban J connectivity index is 2.34. The van der Waals surface area contributed by atoms with Crippen LogP contribution in [0.5, 0.6) is 0 Å². The average Bonchev–Trinajstić information content (AvgIpc) is 2.82. The second kappa shape index (κ2) is 8.45. The molecule has 1 rings (SSSR count). The summed E-state index contributed by atoms with van der Waals surface area (Å²) in [6, 6.07) is 0.321. The standard InChI is InChI=1S/C13H27N3O2/c1-2-6-15-13(18)7-11(8-14)16-12-5-3-4-10(12)9-17/h10-12,16-17H,2-9,14H2,1H3,(H,15,18). The van der Waals surface area contributed by atoms with E-state index in [9.17, 15) is 9.90 Å². The van der Waals surface area contributed by atoms with Crippen LogP contribution in [0.2, 0.25) is 0 Å². The lowest BCUT2D eigenvalue weighted by molar-refractivity contribution is -0.121. The summed E-state index contributed by atoms with van der Waals surface area (Å²) >= 11 is 0. The predicted octanol–water partition coefficient (Wildman–Crippen LogP) is -0.0194. The van der Waals surface area contributed by atoms with Gasteiger partial charge in [0.1, 0.15) is 0 Å². The molecule has 0 bridgehead atoms. The first-order valence-electron chi connectivity index (χ1n) is 7.04. The van der Waals surface area contributed by atoms with Crippen molar-refractivity contribution < 1.29 is 9.90 Å². The first-order valence-corrected chi connectivity index (χ1v) is 7.04. The lowest BCUT2D eigenvalue weighted by Crippen LogP contribution is -2.47. The molecule has 0 aliphatic heterocycles. The molecule has 5 N–H and O–H groups in total. The summed E-state index contributed by atoms with van der Waals surface area (Å²) in [6.07, 6.45) is 4.64. The fourth-order valence-corrected chi connectivity index (χ4v) is 2.55. The van der Waals surface area contributed by atoms with Crippen molar-refractivity contribution in [1.82, 2.24) is 10.6 Å². The Morgan fingerprint density at radius 2 is 2.28 bits per heavy atom. The maximum absolute atomic E-state index is 11.6. The Morgan fingerprint density at radius 3 is 2.89 bits per heavy atom. The number of carbonyl (C=O) groups excluding carboxylic acids is 1. The molecule has 0 radical (unpaired) electrons. The summed E-state index contributed by atoms with van der Waals surface area (Å²) in [5, 5.41) is 15.6. The van der Waals surface area contributed by atoms with Gasteiger partial charge >= 0.3 is 0 Å². The summed E-state index contributed by atoms with van der Waals surface area (Å²) in [6.45, 7) is 3.42. The van der Waals surface area contributed by atoms with Gasteiger partial charge in [-0.1, -0.05) is 13.3 Å². The molecule has 0 saturated heterocycles. The van der Waals surface area contributed by atoms with Gasteiger partial charge in [0.15, 0.2) is 0 Å². The molecule has 1 aliphatic carbocycles. The minimum absolute atomic E-state index is 0.0130. The minimum atomic E-state index is 0.0130. The number of hydrogen-bond acceptors (Lipinski definition) is 4. The summed E-state index contributed by atoms with van der Waals surface area (Å²) in [7, 11) is 0. The molecule has 1 amide bonds. The summed E-state index contributed by atoms with van der Waals surface area (Å²) in [5.41, 5.74) is 5.71.